The highest BCUT2D eigenvalue weighted by Crippen LogP contribution is 2.43. The number of ether oxygens (including phenoxy) is 1. The molecular formula is C33H31N5OS. The van der Waals surface area contributed by atoms with E-state index in [2.05, 4.69) is 70.0 Å². The van der Waals surface area contributed by atoms with Crippen LogP contribution < -0.4 is 15.0 Å². The molecule has 3 aromatic heterocycles. The van der Waals surface area contributed by atoms with Crippen molar-refractivity contribution < 1.29 is 4.74 Å². The molecule has 1 fully saturated rings. The zero-order chi connectivity index (χ0) is 27.6. The van der Waals surface area contributed by atoms with Crippen LogP contribution in [0.5, 0.6) is 11.5 Å². The Hall–Kier alpha value is -4.49. The van der Waals surface area contributed by atoms with Crippen molar-refractivity contribution in [3.8, 4) is 11.5 Å². The van der Waals surface area contributed by atoms with E-state index in [0.29, 0.717) is 5.11 Å². The normalized spacial score (nSPS) is 16.7. The molecule has 0 unspecified atom stereocenters. The third kappa shape index (κ3) is 4.96. The zero-order valence-electron chi connectivity index (χ0n) is 22.8. The Morgan fingerprint density at radius 3 is 2.35 bits per heavy atom. The molecule has 6 nitrogen and oxygen atoms in total. The molecule has 1 aliphatic heterocycles. The van der Waals surface area contributed by atoms with Gasteiger partial charge in [0.1, 0.15) is 11.5 Å². The van der Waals surface area contributed by atoms with Crippen LogP contribution in [0.3, 0.4) is 0 Å². The second-order valence-electron chi connectivity index (χ2n) is 10.1. The van der Waals surface area contributed by atoms with Gasteiger partial charge in [0.05, 0.1) is 17.8 Å². The van der Waals surface area contributed by atoms with Crippen molar-refractivity contribution in [2.75, 3.05) is 4.90 Å². The molecule has 0 aliphatic carbocycles. The molecule has 0 bridgehead atoms. The van der Waals surface area contributed by atoms with Gasteiger partial charge in [-0.15, -0.1) is 0 Å². The van der Waals surface area contributed by atoms with Gasteiger partial charge in [0.15, 0.2) is 5.11 Å². The highest BCUT2D eigenvalue weighted by atomic mass is 32.1. The van der Waals surface area contributed by atoms with Gasteiger partial charge in [-0.05, 0) is 110 Å². The van der Waals surface area contributed by atoms with Gasteiger partial charge in [0.25, 0.3) is 0 Å². The molecule has 1 saturated heterocycles. The van der Waals surface area contributed by atoms with Crippen molar-refractivity contribution in [1.82, 2.24) is 19.9 Å². The van der Waals surface area contributed by atoms with Gasteiger partial charge in [0, 0.05) is 42.2 Å². The largest absolute Gasteiger partial charge is 0.457 e. The summed E-state index contributed by atoms with van der Waals surface area (Å²) in [5, 5.41) is 4.25. The first-order chi connectivity index (χ1) is 19.5. The number of benzene rings is 2. The number of thiocarbonyl (C=S) groups is 1. The van der Waals surface area contributed by atoms with Crippen LogP contribution in [-0.2, 0) is 6.54 Å². The number of pyridine rings is 2. The minimum absolute atomic E-state index is 0.0806. The fourth-order valence-electron chi connectivity index (χ4n) is 5.46. The molecule has 0 radical (unpaired) electrons. The summed E-state index contributed by atoms with van der Waals surface area (Å²) in [6.45, 7) is 7.18. The molecule has 0 spiro atoms. The van der Waals surface area contributed by atoms with Crippen LogP contribution in [0.1, 0.15) is 45.9 Å². The van der Waals surface area contributed by atoms with Crippen molar-refractivity contribution in [3.63, 3.8) is 0 Å². The van der Waals surface area contributed by atoms with Gasteiger partial charge in [-0.2, -0.15) is 0 Å². The summed E-state index contributed by atoms with van der Waals surface area (Å²) in [7, 11) is 0. The Kier molecular flexibility index (Phi) is 7.05. The Bertz CT molecular complexity index is 1630. The summed E-state index contributed by atoms with van der Waals surface area (Å²) in [4.78, 5) is 11.1. The quantitative estimate of drug-likeness (QED) is 0.218. The fraction of sp³-hybridized carbons (Fsp3) is 0.182. The van der Waals surface area contributed by atoms with Gasteiger partial charge in [-0.25, -0.2) is 0 Å². The Labute approximate surface area is 240 Å². The smallest absolute Gasteiger partial charge is 0.174 e. The number of nitrogens with zero attached hydrogens (tertiary/aromatic N) is 4. The molecule has 1 N–H and O–H groups in total. The summed E-state index contributed by atoms with van der Waals surface area (Å²) in [5.74, 6) is 1.63. The van der Waals surface area contributed by atoms with E-state index in [0.717, 1.165) is 35.0 Å². The summed E-state index contributed by atoms with van der Waals surface area (Å²) in [5.41, 5.74) is 7.88. The predicted octanol–water partition coefficient (Wildman–Crippen LogP) is 7.22. The zero-order valence-corrected chi connectivity index (χ0v) is 23.6. The number of hydrogen-bond donors (Lipinski definition) is 1. The highest BCUT2D eigenvalue weighted by Gasteiger charge is 2.42. The van der Waals surface area contributed by atoms with E-state index in [1.807, 2.05) is 74.0 Å². The van der Waals surface area contributed by atoms with Crippen molar-refractivity contribution in [1.29, 1.82) is 0 Å². The maximum Gasteiger partial charge on any atom is 0.174 e. The van der Waals surface area contributed by atoms with Crippen LogP contribution in [0.15, 0.2) is 104 Å². The lowest BCUT2D eigenvalue weighted by Gasteiger charge is -2.28. The van der Waals surface area contributed by atoms with Crippen LogP contribution in [-0.4, -0.2) is 19.6 Å². The minimum atomic E-state index is -0.105. The summed E-state index contributed by atoms with van der Waals surface area (Å²) >= 11 is 5.96. The lowest BCUT2D eigenvalue weighted by Crippen LogP contribution is -2.29. The Balaban J connectivity index is 1.38. The fourth-order valence-corrected chi connectivity index (χ4v) is 5.81. The number of aromatic nitrogens is 3. The lowest BCUT2D eigenvalue weighted by molar-refractivity contribution is 0.479. The number of aryl methyl sites for hydroxylation is 2. The van der Waals surface area contributed by atoms with Crippen molar-refractivity contribution in [2.24, 2.45) is 0 Å². The van der Waals surface area contributed by atoms with Crippen LogP contribution in [0.2, 0.25) is 0 Å². The molecule has 0 saturated carbocycles. The predicted molar refractivity (Wildman–Crippen MR) is 163 cm³/mol. The number of nitrogens with one attached hydrogen (secondary N) is 1. The second kappa shape index (κ2) is 10.9. The van der Waals surface area contributed by atoms with E-state index in [-0.39, 0.29) is 12.1 Å². The van der Waals surface area contributed by atoms with Gasteiger partial charge in [0.2, 0.25) is 0 Å². The lowest BCUT2D eigenvalue weighted by atomic mass is 9.96. The Morgan fingerprint density at radius 2 is 1.62 bits per heavy atom. The van der Waals surface area contributed by atoms with Gasteiger partial charge in [-0.3, -0.25) is 9.97 Å². The molecule has 7 heteroatoms. The van der Waals surface area contributed by atoms with E-state index >= 15 is 0 Å². The monoisotopic (exact) mass is 545 g/mol. The van der Waals surface area contributed by atoms with Crippen LogP contribution in [0.25, 0.3) is 0 Å². The average molecular weight is 546 g/mol. The molecule has 5 aromatic rings. The third-order valence-electron chi connectivity index (χ3n) is 7.56. The van der Waals surface area contributed by atoms with E-state index < -0.39 is 0 Å². The molecule has 2 aromatic carbocycles. The third-order valence-corrected chi connectivity index (χ3v) is 7.87. The maximum absolute atomic E-state index is 6.17. The van der Waals surface area contributed by atoms with Crippen molar-refractivity contribution in [2.45, 2.75) is 39.4 Å². The molecule has 200 valence electrons. The Morgan fingerprint density at radius 1 is 0.875 bits per heavy atom. The molecule has 0 amide bonds. The number of rotatable bonds is 7. The van der Waals surface area contributed by atoms with Gasteiger partial charge >= 0.3 is 0 Å². The molecule has 6 rings (SSSR count). The number of anilines is 1. The second-order valence-corrected chi connectivity index (χ2v) is 10.5. The molecule has 2 atom stereocenters. The first-order valence-electron chi connectivity index (χ1n) is 13.4. The van der Waals surface area contributed by atoms with Gasteiger partial charge < -0.3 is 19.5 Å². The van der Waals surface area contributed by atoms with Crippen LogP contribution in [0, 0.1) is 20.8 Å². The van der Waals surface area contributed by atoms with Crippen molar-refractivity contribution >= 4 is 23.0 Å². The maximum atomic E-state index is 6.17. The molecular weight excluding hydrogens is 514 g/mol. The topological polar surface area (TPSA) is 55.2 Å². The minimum Gasteiger partial charge on any atom is -0.457 e. The van der Waals surface area contributed by atoms with Gasteiger partial charge in [-0.1, -0.05) is 24.3 Å². The highest BCUT2D eigenvalue weighted by molar-refractivity contribution is 7.80. The van der Waals surface area contributed by atoms with Crippen LogP contribution in [0.4, 0.5) is 5.69 Å². The van der Waals surface area contributed by atoms with Crippen molar-refractivity contribution in [3.05, 3.63) is 137 Å². The average Bonchev–Trinajstić information content (AvgIpc) is 3.46. The summed E-state index contributed by atoms with van der Waals surface area (Å²) in [6, 6.07) is 28.4. The van der Waals surface area contributed by atoms with E-state index in [4.69, 9.17) is 21.9 Å². The summed E-state index contributed by atoms with van der Waals surface area (Å²) < 4.78 is 8.53. The molecule has 1 aliphatic rings. The van der Waals surface area contributed by atoms with E-state index in [9.17, 15) is 0 Å². The standard InChI is InChI=1S/C33H31N5OS/c1-22-8-4-5-10-30(22)39-27-13-11-26(12-14-27)38-32(31(36-33(38)40)29-9-6-7-17-35-29)28-20-23(2)37(24(28)3)21-25-15-18-34-19-16-25/h4-20,31-32H,21H2,1-3H3,(H,36,40)/t31-,32-/m0/s1. The van der Waals surface area contributed by atoms with E-state index in [1.54, 1.807) is 0 Å². The summed E-state index contributed by atoms with van der Waals surface area (Å²) in [6.07, 6.45) is 5.52. The van der Waals surface area contributed by atoms with Crippen LogP contribution >= 0.6 is 12.2 Å². The molecule has 40 heavy (non-hydrogen) atoms. The SMILES string of the molecule is Cc1ccccc1Oc1ccc(N2C(=S)N[C@@H](c3ccccn3)[C@@H]2c2cc(C)n(Cc3ccncc3)c2C)cc1. The molecule has 4 heterocycles. The first-order valence-corrected chi connectivity index (χ1v) is 13.8. The first kappa shape index (κ1) is 25.8. The number of para-hydroxylation sites is 1. The number of hydrogen-bond acceptors (Lipinski definition) is 4. The van der Waals surface area contributed by atoms with E-state index in [1.165, 1.54) is 22.5 Å².